The molecule has 0 fully saturated rings. The number of nitrogens with zero attached hydrogens (tertiary/aromatic N) is 4. The first kappa shape index (κ1) is 31.8. The van der Waals surface area contributed by atoms with Crippen LogP contribution in [0.4, 0.5) is 17.2 Å². The van der Waals surface area contributed by atoms with Crippen LogP contribution in [-0.4, -0.2) is 22.4 Å². The van der Waals surface area contributed by atoms with E-state index >= 15 is 0 Å². The molecule has 0 N–H and O–H groups in total. The first-order valence-corrected chi connectivity index (χ1v) is 21.1. The van der Waals surface area contributed by atoms with Crippen LogP contribution in [0.15, 0.2) is 199 Å². The zero-order valence-corrected chi connectivity index (χ0v) is 31.6. The van der Waals surface area contributed by atoms with Crippen LogP contribution in [0.5, 0.6) is 11.5 Å². The van der Waals surface area contributed by atoms with Crippen LogP contribution in [0.25, 0.3) is 49.3 Å². The lowest BCUT2D eigenvalue weighted by Gasteiger charge is -2.44. The summed E-state index contributed by atoms with van der Waals surface area (Å²) < 4.78 is 15.9. The molecule has 5 heterocycles. The molecule has 7 heteroatoms. The predicted molar refractivity (Wildman–Crippen MR) is 234 cm³/mol. The van der Waals surface area contributed by atoms with Crippen LogP contribution in [0.1, 0.15) is 0 Å². The van der Waals surface area contributed by atoms with Gasteiger partial charge in [0.15, 0.2) is 8.07 Å². The fraction of sp³-hybridized carbons (Fsp3) is 0. The van der Waals surface area contributed by atoms with Crippen LogP contribution in [0.3, 0.4) is 0 Å². The van der Waals surface area contributed by atoms with E-state index in [1.165, 1.54) is 26.1 Å². The summed E-state index contributed by atoms with van der Waals surface area (Å²) in [5.41, 5.74) is 5.80. The van der Waals surface area contributed by atoms with E-state index in [1.807, 2.05) is 36.8 Å². The molecule has 0 spiro atoms. The normalized spacial score (nSPS) is 13.4. The summed E-state index contributed by atoms with van der Waals surface area (Å²) in [4.78, 5) is 12.3. The number of para-hydroxylation sites is 2. The highest BCUT2D eigenvalue weighted by molar-refractivity contribution is 7.22. The van der Waals surface area contributed by atoms with Crippen molar-refractivity contribution in [2.75, 3.05) is 4.90 Å². The van der Waals surface area contributed by atoms with Gasteiger partial charge in [0.1, 0.15) is 34.1 Å². The number of ether oxygens (including phenoxy) is 1. The molecule has 0 saturated heterocycles. The van der Waals surface area contributed by atoms with Gasteiger partial charge in [0.2, 0.25) is 0 Å². The fourth-order valence-electron chi connectivity index (χ4n) is 9.29. The molecule has 0 radical (unpaired) electrons. The molecule has 6 nitrogen and oxygen atoms in total. The van der Waals surface area contributed by atoms with Gasteiger partial charge in [0, 0.05) is 51.4 Å². The highest BCUT2D eigenvalue weighted by Gasteiger charge is 2.51. The van der Waals surface area contributed by atoms with Crippen molar-refractivity contribution in [2.24, 2.45) is 0 Å². The average molecular weight is 749 g/mol. The number of imidazole rings is 1. The zero-order chi connectivity index (χ0) is 37.5. The van der Waals surface area contributed by atoms with Crippen LogP contribution in [-0.2, 0) is 0 Å². The fourth-order valence-corrected chi connectivity index (χ4v) is 14.4. The third-order valence-corrected chi connectivity index (χ3v) is 16.4. The number of furan rings is 1. The second kappa shape index (κ2) is 12.3. The largest absolute Gasteiger partial charge is 0.457 e. The van der Waals surface area contributed by atoms with E-state index < -0.39 is 8.07 Å². The summed E-state index contributed by atoms with van der Waals surface area (Å²) >= 11 is 0. The summed E-state index contributed by atoms with van der Waals surface area (Å²) in [6.45, 7) is 0. The number of fused-ring (bicyclic) bond motifs is 12. The van der Waals surface area contributed by atoms with Gasteiger partial charge in [0.25, 0.3) is 0 Å². The van der Waals surface area contributed by atoms with E-state index in [9.17, 15) is 0 Å². The van der Waals surface area contributed by atoms with Crippen molar-refractivity contribution < 1.29 is 9.15 Å². The third kappa shape index (κ3) is 4.57. The summed E-state index contributed by atoms with van der Waals surface area (Å²) in [6, 6.07) is 62.2. The minimum atomic E-state index is -3.05. The molecule has 1 aliphatic heterocycles. The van der Waals surface area contributed by atoms with E-state index in [0.29, 0.717) is 0 Å². The quantitative estimate of drug-likeness (QED) is 0.130. The Hall–Kier alpha value is -7.48. The van der Waals surface area contributed by atoms with Gasteiger partial charge < -0.3 is 9.15 Å². The maximum Gasteiger partial charge on any atom is 0.191 e. The number of hydrogen-bond donors (Lipinski definition) is 0. The third-order valence-electron chi connectivity index (χ3n) is 11.6. The van der Waals surface area contributed by atoms with Crippen LogP contribution in [0, 0.1) is 0 Å². The van der Waals surface area contributed by atoms with Crippen molar-refractivity contribution in [3.05, 3.63) is 195 Å². The Labute approximate surface area is 328 Å². The Morgan fingerprint density at radius 3 is 2.11 bits per heavy atom. The summed E-state index contributed by atoms with van der Waals surface area (Å²) in [5.74, 6) is 2.35. The van der Waals surface area contributed by atoms with E-state index in [0.717, 1.165) is 72.6 Å². The molecule has 0 bridgehead atoms. The number of aromatic nitrogens is 3. The van der Waals surface area contributed by atoms with Gasteiger partial charge >= 0.3 is 0 Å². The highest BCUT2D eigenvalue weighted by Crippen LogP contribution is 2.42. The first-order valence-electron chi connectivity index (χ1n) is 19.1. The van der Waals surface area contributed by atoms with Gasteiger partial charge in [-0.25, -0.2) is 9.97 Å². The van der Waals surface area contributed by atoms with E-state index in [4.69, 9.17) is 19.1 Å². The average Bonchev–Trinajstić information content (AvgIpc) is 3.93. The van der Waals surface area contributed by atoms with Gasteiger partial charge in [-0.3, -0.25) is 9.30 Å². The van der Waals surface area contributed by atoms with E-state index in [1.54, 1.807) is 0 Å². The Balaban J connectivity index is 1.08. The lowest BCUT2D eigenvalue weighted by Crippen LogP contribution is -2.77. The molecule has 0 saturated carbocycles. The molecule has 4 aromatic heterocycles. The zero-order valence-electron chi connectivity index (χ0n) is 30.6. The first-order chi connectivity index (χ1) is 28.3. The summed E-state index contributed by atoms with van der Waals surface area (Å²) in [5, 5.41) is 10.5. The second-order valence-corrected chi connectivity index (χ2v) is 18.3. The maximum atomic E-state index is 6.99. The van der Waals surface area contributed by atoms with Crippen LogP contribution >= 0.6 is 0 Å². The van der Waals surface area contributed by atoms with Crippen LogP contribution < -0.4 is 30.4 Å². The Morgan fingerprint density at radius 2 is 1.26 bits per heavy atom. The van der Waals surface area contributed by atoms with Crippen molar-refractivity contribution in [3.63, 3.8) is 0 Å². The van der Waals surface area contributed by atoms with Crippen molar-refractivity contribution >= 4 is 95.3 Å². The number of pyridine rings is 2. The van der Waals surface area contributed by atoms with Crippen molar-refractivity contribution in [1.82, 2.24) is 14.4 Å². The highest BCUT2D eigenvalue weighted by atomic mass is 28.3. The van der Waals surface area contributed by atoms with Crippen molar-refractivity contribution in [3.8, 4) is 11.5 Å². The molecular formula is C50H32N4O2Si. The predicted octanol–water partition coefficient (Wildman–Crippen LogP) is 9.89. The number of hydrogen-bond acceptors (Lipinski definition) is 5. The van der Waals surface area contributed by atoms with Gasteiger partial charge in [-0.05, 0) is 81.6 Å². The van der Waals surface area contributed by atoms with Crippen molar-refractivity contribution in [1.29, 1.82) is 0 Å². The molecule has 268 valence electrons. The lowest BCUT2D eigenvalue weighted by molar-refractivity contribution is 0.483. The molecule has 0 amide bonds. The van der Waals surface area contributed by atoms with E-state index in [-0.39, 0.29) is 0 Å². The van der Waals surface area contributed by atoms with E-state index in [2.05, 4.69) is 167 Å². The molecule has 0 atom stereocenters. The SMILES string of the molecule is c1ccc([Si]2(c3ccccc3)c3cccnc3N(c3cccc(Oc4ccc5c6ccccc6n6ccnc6c5c4)c3)c3ccc4c(oc5ccccc54)c32)cc1. The smallest absolute Gasteiger partial charge is 0.191 e. The topological polar surface area (TPSA) is 55.8 Å². The minimum absolute atomic E-state index is 0.719. The van der Waals surface area contributed by atoms with Gasteiger partial charge in [-0.2, -0.15) is 0 Å². The Bertz CT molecular complexity index is 3320. The molecular weight excluding hydrogens is 717 g/mol. The van der Waals surface area contributed by atoms with Gasteiger partial charge in [-0.15, -0.1) is 0 Å². The number of rotatable bonds is 5. The minimum Gasteiger partial charge on any atom is -0.457 e. The Morgan fingerprint density at radius 1 is 0.526 bits per heavy atom. The van der Waals surface area contributed by atoms with Gasteiger partial charge in [0.05, 0.1) is 16.9 Å². The number of anilines is 3. The molecule has 57 heavy (non-hydrogen) atoms. The molecule has 0 unspecified atom stereocenters. The monoisotopic (exact) mass is 748 g/mol. The maximum absolute atomic E-state index is 6.99. The molecule has 1 aliphatic rings. The van der Waals surface area contributed by atoms with Crippen LogP contribution in [0.2, 0.25) is 0 Å². The molecule has 11 aromatic rings. The molecule has 0 aliphatic carbocycles. The second-order valence-electron chi connectivity index (χ2n) is 14.6. The van der Waals surface area contributed by atoms with Crippen molar-refractivity contribution in [2.45, 2.75) is 0 Å². The lowest BCUT2D eigenvalue weighted by atomic mass is 10.1. The standard InChI is InChI=1S/C50H32N4O2Si/c1-3-15-36(16-4-1)57(37-17-5-2-6-18-37)46-23-12-28-51-50(46)54(44-27-26-41-40-20-8-10-22-45(40)56-47(41)48(44)57)33-13-11-14-34(31-33)55-35-24-25-38-39-19-7-9-21-43(39)53-30-29-52-49(53)42(38)32-35/h1-32H. The summed E-state index contributed by atoms with van der Waals surface area (Å²) in [6.07, 6.45) is 5.77. The summed E-state index contributed by atoms with van der Waals surface area (Å²) in [7, 11) is -3.05. The Kier molecular flexibility index (Phi) is 6.85. The number of benzene rings is 7. The van der Waals surface area contributed by atoms with Gasteiger partial charge in [-0.1, -0.05) is 109 Å². The molecule has 7 aromatic carbocycles. The molecule has 12 rings (SSSR count).